The summed E-state index contributed by atoms with van der Waals surface area (Å²) in [5.74, 6) is -0.760. The SMILES string of the molecule is COc1ccccc1C(=O)OC(C)C(=O)Nc1ncc(Cl)cc1Cl. The lowest BCUT2D eigenvalue weighted by Gasteiger charge is -2.14. The summed E-state index contributed by atoms with van der Waals surface area (Å²) in [5.41, 5.74) is 0.224. The fourth-order valence-corrected chi connectivity index (χ4v) is 2.24. The number of hydrogen-bond donors (Lipinski definition) is 1. The highest BCUT2D eigenvalue weighted by Gasteiger charge is 2.22. The summed E-state index contributed by atoms with van der Waals surface area (Å²) in [4.78, 5) is 28.2. The topological polar surface area (TPSA) is 77.5 Å². The van der Waals surface area contributed by atoms with Crippen LogP contribution < -0.4 is 10.1 Å². The smallest absolute Gasteiger partial charge is 0.342 e. The summed E-state index contributed by atoms with van der Waals surface area (Å²) in [6.45, 7) is 1.44. The van der Waals surface area contributed by atoms with E-state index in [1.165, 1.54) is 26.3 Å². The van der Waals surface area contributed by atoms with Gasteiger partial charge in [-0.25, -0.2) is 9.78 Å². The van der Waals surface area contributed by atoms with Crippen LogP contribution in [-0.2, 0) is 9.53 Å². The highest BCUT2D eigenvalue weighted by molar-refractivity contribution is 6.36. The predicted molar refractivity (Wildman–Crippen MR) is 90.8 cm³/mol. The zero-order valence-corrected chi connectivity index (χ0v) is 14.4. The fraction of sp³-hybridized carbons (Fsp3) is 0.188. The number of hydrogen-bond acceptors (Lipinski definition) is 5. The largest absolute Gasteiger partial charge is 0.496 e. The number of carbonyl (C=O) groups excluding carboxylic acids is 2. The Labute approximate surface area is 148 Å². The van der Waals surface area contributed by atoms with Gasteiger partial charge in [0, 0.05) is 6.20 Å². The maximum atomic E-state index is 12.2. The Morgan fingerprint density at radius 2 is 1.96 bits per heavy atom. The van der Waals surface area contributed by atoms with Gasteiger partial charge in [0.2, 0.25) is 0 Å². The van der Waals surface area contributed by atoms with Gasteiger partial charge in [-0.2, -0.15) is 0 Å². The second-order valence-electron chi connectivity index (χ2n) is 4.72. The van der Waals surface area contributed by atoms with Crippen LogP contribution in [0.3, 0.4) is 0 Å². The summed E-state index contributed by atoms with van der Waals surface area (Å²) in [6, 6.07) is 8.00. The van der Waals surface area contributed by atoms with Gasteiger partial charge in [-0.1, -0.05) is 35.3 Å². The van der Waals surface area contributed by atoms with Gasteiger partial charge in [-0.05, 0) is 25.1 Å². The van der Waals surface area contributed by atoms with Crippen molar-refractivity contribution in [1.82, 2.24) is 4.98 Å². The monoisotopic (exact) mass is 368 g/mol. The van der Waals surface area contributed by atoms with Crippen LogP contribution in [0.15, 0.2) is 36.5 Å². The number of halogens is 2. The number of nitrogens with zero attached hydrogens (tertiary/aromatic N) is 1. The van der Waals surface area contributed by atoms with E-state index in [1.807, 2.05) is 0 Å². The average molecular weight is 369 g/mol. The van der Waals surface area contributed by atoms with Crippen LogP contribution in [0.4, 0.5) is 5.82 Å². The molecule has 0 spiro atoms. The Morgan fingerprint density at radius 1 is 1.25 bits per heavy atom. The maximum Gasteiger partial charge on any atom is 0.342 e. The molecule has 1 atom stereocenters. The van der Waals surface area contributed by atoms with Crippen LogP contribution in [0.25, 0.3) is 0 Å². The minimum atomic E-state index is -1.06. The molecule has 0 aliphatic rings. The van der Waals surface area contributed by atoms with Crippen LogP contribution in [0.5, 0.6) is 5.75 Å². The molecule has 1 unspecified atom stereocenters. The van der Waals surface area contributed by atoms with E-state index in [9.17, 15) is 9.59 Å². The van der Waals surface area contributed by atoms with Crippen molar-refractivity contribution in [2.45, 2.75) is 13.0 Å². The van der Waals surface area contributed by atoms with Crippen LogP contribution in [0.1, 0.15) is 17.3 Å². The molecule has 24 heavy (non-hydrogen) atoms. The molecule has 1 aromatic heterocycles. The van der Waals surface area contributed by atoms with Crippen molar-refractivity contribution in [1.29, 1.82) is 0 Å². The molecule has 2 aromatic rings. The number of aromatic nitrogens is 1. The van der Waals surface area contributed by atoms with Gasteiger partial charge in [0.1, 0.15) is 11.3 Å². The van der Waals surface area contributed by atoms with Crippen LogP contribution in [0.2, 0.25) is 10.0 Å². The molecule has 6 nitrogen and oxygen atoms in total. The molecule has 0 aliphatic carbocycles. The van der Waals surface area contributed by atoms with Crippen molar-refractivity contribution in [3.05, 3.63) is 52.1 Å². The third-order valence-electron chi connectivity index (χ3n) is 3.03. The number of benzene rings is 1. The van der Waals surface area contributed by atoms with Crippen molar-refractivity contribution in [2.75, 3.05) is 12.4 Å². The molecule has 1 aromatic carbocycles. The minimum absolute atomic E-state index is 0.131. The number of nitrogens with one attached hydrogen (secondary N) is 1. The van der Waals surface area contributed by atoms with E-state index < -0.39 is 18.0 Å². The van der Waals surface area contributed by atoms with Gasteiger partial charge in [0.25, 0.3) is 5.91 Å². The van der Waals surface area contributed by atoms with Gasteiger partial charge < -0.3 is 14.8 Å². The molecule has 1 amide bonds. The van der Waals surface area contributed by atoms with Gasteiger partial charge in [-0.15, -0.1) is 0 Å². The van der Waals surface area contributed by atoms with E-state index >= 15 is 0 Å². The van der Waals surface area contributed by atoms with Crippen LogP contribution in [-0.4, -0.2) is 30.1 Å². The van der Waals surface area contributed by atoms with Crippen LogP contribution in [0, 0.1) is 0 Å². The number of rotatable bonds is 5. The summed E-state index contributed by atoms with van der Waals surface area (Å²) >= 11 is 11.7. The first-order valence-corrected chi connectivity index (χ1v) is 7.64. The average Bonchev–Trinajstić information content (AvgIpc) is 2.57. The molecule has 0 bridgehead atoms. The van der Waals surface area contributed by atoms with E-state index in [0.717, 1.165) is 0 Å². The van der Waals surface area contributed by atoms with Gasteiger partial charge >= 0.3 is 5.97 Å². The predicted octanol–water partition coefficient (Wildman–Crippen LogP) is 3.58. The van der Waals surface area contributed by atoms with E-state index in [4.69, 9.17) is 32.7 Å². The molecular formula is C16H14Cl2N2O4. The number of amides is 1. The van der Waals surface area contributed by atoms with Gasteiger partial charge in [0.15, 0.2) is 11.9 Å². The first kappa shape index (κ1) is 18.0. The number of esters is 1. The lowest BCUT2D eigenvalue weighted by atomic mass is 10.2. The Kier molecular flexibility index (Phi) is 6.00. The number of pyridine rings is 1. The molecule has 0 fully saturated rings. The molecule has 126 valence electrons. The quantitative estimate of drug-likeness (QED) is 0.816. The number of methoxy groups -OCH3 is 1. The van der Waals surface area contributed by atoms with Gasteiger partial charge in [0.05, 0.1) is 17.2 Å². The Balaban J connectivity index is 2.04. The molecule has 0 saturated carbocycles. The summed E-state index contributed by atoms with van der Waals surface area (Å²) in [7, 11) is 1.44. The third-order valence-corrected chi connectivity index (χ3v) is 3.52. The molecule has 8 heteroatoms. The van der Waals surface area contributed by atoms with E-state index in [0.29, 0.717) is 10.8 Å². The fourth-order valence-electron chi connectivity index (χ4n) is 1.82. The third kappa shape index (κ3) is 4.37. The molecule has 0 radical (unpaired) electrons. The van der Waals surface area contributed by atoms with E-state index in [1.54, 1.807) is 24.3 Å². The molecule has 1 heterocycles. The molecule has 2 rings (SSSR count). The number of anilines is 1. The summed E-state index contributed by atoms with van der Waals surface area (Å²) in [5, 5.41) is 2.99. The number of para-hydroxylation sites is 1. The molecular weight excluding hydrogens is 355 g/mol. The molecule has 0 saturated heterocycles. The molecule has 0 aliphatic heterocycles. The van der Waals surface area contributed by atoms with Crippen molar-refractivity contribution >= 4 is 40.9 Å². The summed E-state index contributed by atoms with van der Waals surface area (Å²) < 4.78 is 10.2. The van der Waals surface area contributed by atoms with Crippen molar-refractivity contribution in [2.24, 2.45) is 0 Å². The maximum absolute atomic E-state index is 12.2. The number of carbonyl (C=O) groups is 2. The molecule has 1 N–H and O–H groups in total. The Hall–Kier alpha value is -2.31. The Morgan fingerprint density at radius 3 is 2.62 bits per heavy atom. The van der Waals surface area contributed by atoms with Crippen LogP contribution >= 0.6 is 23.2 Å². The Bertz CT molecular complexity index is 767. The van der Waals surface area contributed by atoms with Crippen molar-refractivity contribution in [3.63, 3.8) is 0 Å². The van der Waals surface area contributed by atoms with Gasteiger partial charge in [-0.3, -0.25) is 4.79 Å². The second kappa shape index (κ2) is 7.99. The zero-order chi connectivity index (χ0) is 17.7. The van der Waals surface area contributed by atoms with E-state index in [2.05, 4.69) is 10.3 Å². The minimum Gasteiger partial charge on any atom is -0.496 e. The van der Waals surface area contributed by atoms with Crippen molar-refractivity contribution < 1.29 is 19.1 Å². The number of ether oxygens (including phenoxy) is 2. The lowest BCUT2D eigenvalue weighted by molar-refractivity contribution is -0.123. The summed E-state index contributed by atoms with van der Waals surface area (Å²) in [6.07, 6.45) is 0.283. The zero-order valence-electron chi connectivity index (χ0n) is 12.9. The second-order valence-corrected chi connectivity index (χ2v) is 5.56. The standard InChI is InChI=1S/C16H14Cl2N2O4/c1-9(15(21)20-14-12(18)7-10(17)8-19-14)24-16(22)11-5-3-4-6-13(11)23-2/h3-9H,1-2H3,(H,19,20,21). The van der Waals surface area contributed by atoms with Crippen molar-refractivity contribution in [3.8, 4) is 5.75 Å². The van der Waals surface area contributed by atoms with E-state index in [-0.39, 0.29) is 16.4 Å². The normalized spacial score (nSPS) is 11.5. The first-order valence-electron chi connectivity index (χ1n) is 6.88. The highest BCUT2D eigenvalue weighted by Crippen LogP contribution is 2.23. The highest BCUT2D eigenvalue weighted by atomic mass is 35.5. The first-order chi connectivity index (χ1) is 11.4. The lowest BCUT2D eigenvalue weighted by Crippen LogP contribution is -2.30.